The highest BCUT2D eigenvalue weighted by Gasteiger charge is 2.42. The molecule has 2 aliphatic carbocycles. The summed E-state index contributed by atoms with van der Waals surface area (Å²) in [6, 6.07) is 2.45. The van der Waals surface area contributed by atoms with Gasteiger partial charge in [-0.3, -0.25) is 9.48 Å². The summed E-state index contributed by atoms with van der Waals surface area (Å²) in [5, 5.41) is 6.39. The van der Waals surface area contributed by atoms with Gasteiger partial charge in [0.15, 0.2) is 14.9 Å². The Kier molecular flexibility index (Phi) is 5.76. The monoisotopic (exact) mass is 474 g/mol. The molecule has 1 amide bonds. The van der Waals surface area contributed by atoms with E-state index in [-0.39, 0.29) is 47.4 Å². The van der Waals surface area contributed by atoms with Gasteiger partial charge in [0, 0.05) is 43.4 Å². The van der Waals surface area contributed by atoms with Crippen molar-refractivity contribution in [3.63, 3.8) is 0 Å². The number of amides is 1. The Bertz CT molecular complexity index is 1150. The van der Waals surface area contributed by atoms with Gasteiger partial charge < -0.3 is 5.32 Å². The van der Waals surface area contributed by atoms with Crippen molar-refractivity contribution in [1.29, 1.82) is 0 Å². The third-order valence-corrected chi connectivity index (χ3v) is 6.71. The lowest BCUT2D eigenvalue weighted by Crippen LogP contribution is -2.22. The second-order valence-corrected chi connectivity index (χ2v) is 10.4. The first-order valence-corrected chi connectivity index (χ1v) is 12.1. The number of carbonyl (C=O) groups excluding carboxylic acids is 1. The van der Waals surface area contributed by atoms with E-state index < -0.39 is 46.0 Å². The average Bonchev–Trinajstić information content (AvgIpc) is 3.38. The molecule has 0 aromatic carbocycles. The van der Waals surface area contributed by atoms with Crippen molar-refractivity contribution in [3.05, 3.63) is 35.3 Å². The molecular formula is C20H22F4N4O3S. The Hall–Kier alpha value is -2.50. The predicted molar refractivity (Wildman–Crippen MR) is 107 cm³/mol. The molecule has 2 saturated carbocycles. The molecule has 0 spiro atoms. The first-order valence-electron chi connectivity index (χ1n) is 10.2. The zero-order valence-electron chi connectivity index (χ0n) is 17.2. The summed E-state index contributed by atoms with van der Waals surface area (Å²) in [6.07, 6.45) is 0.00941. The summed E-state index contributed by atoms with van der Waals surface area (Å²) in [4.78, 5) is 16.8. The maximum Gasteiger partial charge on any atom is 0.274 e. The number of rotatable bonds is 7. The summed E-state index contributed by atoms with van der Waals surface area (Å²) in [7, 11) is -3.65. The fraction of sp³-hybridized carbons (Fsp3) is 0.550. The number of pyridine rings is 1. The summed E-state index contributed by atoms with van der Waals surface area (Å²) in [5.41, 5.74) is -0.692. The zero-order valence-corrected chi connectivity index (χ0v) is 18.0. The van der Waals surface area contributed by atoms with E-state index in [0.717, 1.165) is 17.0 Å². The predicted octanol–water partition coefficient (Wildman–Crippen LogP) is 4.18. The van der Waals surface area contributed by atoms with Gasteiger partial charge in [-0.1, -0.05) is 0 Å². The Labute approximate surface area is 182 Å². The summed E-state index contributed by atoms with van der Waals surface area (Å²) >= 11 is 0. The molecule has 0 aliphatic heterocycles. The maximum atomic E-state index is 14.0. The minimum Gasteiger partial charge on any atom is -0.320 e. The molecule has 7 nitrogen and oxygen atoms in total. The van der Waals surface area contributed by atoms with E-state index in [1.54, 1.807) is 0 Å². The molecule has 12 heteroatoms. The number of anilines is 1. The molecule has 1 N–H and O–H groups in total. The third kappa shape index (κ3) is 4.79. The topological polar surface area (TPSA) is 94.0 Å². The molecule has 0 saturated heterocycles. The van der Waals surface area contributed by atoms with Crippen molar-refractivity contribution in [1.82, 2.24) is 14.8 Å². The first-order chi connectivity index (χ1) is 14.9. The number of sulfone groups is 1. The van der Waals surface area contributed by atoms with Gasteiger partial charge in [-0.25, -0.2) is 31.0 Å². The number of hydrogen-bond donors (Lipinski definition) is 1. The molecule has 1 atom stereocenters. The molecular weight excluding hydrogens is 452 g/mol. The fourth-order valence-electron chi connectivity index (χ4n) is 4.06. The number of halogens is 4. The number of aromatic nitrogens is 3. The van der Waals surface area contributed by atoms with Crippen LogP contribution in [0.3, 0.4) is 0 Å². The third-order valence-electron chi connectivity index (χ3n) is 5.72. The molecule has 2 heterocycles. The van der Waals surface area contributed by atoms with Gasteiger partial charge in [0.25, 0.3) is 12.3 Å². The lowest BCUT2D eigenvalue weighted by molar-refractivity contribution is 0.00419. The van der Waals surface area contributed by atoms with Crippen LogP contribution in [0.2, 0.25) is 0 Å². The fourth-order valence-corrected chi connectivity index (χ4v) is 4.66. The van der Waals surface area contributed by atoms with Crippen LogP contribution < -0.4 is 5.32 Å². The van der Waals surface area contributed by atoms with E-state index in [1.165, 1.54) is 12.3 Å². The van der Waals surface area contributed by atoms with Crippen molar-refractivity contribution in [2.75, 3.05) is 11.6 Å². The summed E-state index contributed by atoms with van der Waals surface area (Å²) < 4.78 is 79.9. The molecule has 2 aromatic rings. The quantitative estimate of drug-likeness (QED) is 0.608. The number of hydrogen-bond acceptors (Lipinski definition) is 5. The van der Waals surface area contributed by atoms with E-state index in [0.29, 0.717) is 12.8 Å². The van der Waals surface area contributed by atoms with Gasteiger partial charge >= 0.3 is 0 Å². The van der Waals surface area contributed by atoms with Crippen LogP contribution in [0.15, 0.2) is 23.4 Å². The van der Waals surface area contributed by atoms with E-state index >= 15 is 0 Å². The van der Waals surface area contributed by atoms with E-state index in [1.807, 2.05) is 0 Å². The number of alkyl halides is 4. The number of carbonyl (C=O) groups is 1. The lowest BCUT2D eigenvalue weighted by Gasteiger charge is -2.14. The maximum absolute atomic E-state index is 14.0. The van der Waals surface area contributed by atoms with Gasteiger partial charge in [-0.2, -0.15) is 5.10 Å². The Morgan fingerprint density at radius 1 is 1.31 bits per heavy atom. The van der Waals surface area contributed by atoms with Crippen LogP contribution in [0.5, 0.6) is 0 Å². The Morgan fingerprint density at radius 3 is 2.59 bits per heavy atom. The van der Waals surface area contributed by atoms with Gasteiger partial charge in [0.05, 0.1) is 11.3 Å². The van der Waals surface area contributed by atoms with Crippen LogP contribution >= 0.6 is 0 Å². The molecule has 0 radical (unpaired) electrons. The molecule has 2 fully saturated rings. The van der Waals surface area contributed by atoms with E-state index in [9.17, 15) is 30.8 Å². The van der Waals surface area contributed by atoms with Crippen molar-refractivity contribution in [2.24, 2.45) is 5.92 Å². The van der Waals surface area contributed by atoms with E-state index in [2.05, 4.69) is 15.4 Å². The number of nitrogens with zero attached hydrogens (tertiary/aromatic N) is 3. The molecule has 174 valence electrons. The smallest absolute Gasteiger partial charge is 0.274 e. The van der Waals surface area contributed by atoms with Crippen LogP contribution in [0.25, 0.3) is 0 Å². The van der Waals surface area contributed by atoms with Gasteiger partial charge in [-0.15, -0.1) is 0 Å². The molecule has 2 aliphatic rings. The minimum atomic E-state index is -3.65. The summed E-state index contributed by atoms with van der Waals surface area (Å²) in [5.74, 6) is -4.40. The van der Waals surface area contributed by atoms with Crippen molar-refractivity contribution in [3.8, 4) is 0 Å². The van der Waals surface area contributed by atoms with Crippen molar-refractivity contribution >= 4 is 21.4 Å². The largest absolute Gasteiger partial charge is 0.320 e. The Balaban J connectivity index is 1.69. The van der Waals surface area contributed by atoms with Crippen LogP contribution in [-0.2, 0) is 16.4 Å². The van der Waals surface area contributed by atoms with Crippen LogP contribution in [-0.4, -0.2) is 41.3 Å². The van der Waals surface area contributed by atoms with E-state index in [4.69, 9.17) is 0 Å². The standard InChI is InChI=1S/C20H22F4N4O3S/c1-32(30,31)14-8-13(5-7-25-14)26-19(29)17-15(18(21)22)16(12-2-3-12)27-28(17)10-11-4-6-20(23,24)9-11/h5,7-8,11-12,18H,2-4,6,9-10H2,1H3,(H,25,26,29). The molecule has 4 rings (SSSR count). The lowest BCUT2D eigenvalue weighted by atomic mass is 10.1. The molecule has 1 unspecified atom stereocenters. The molecule has 32 heavy (non-hydrogen) atoms. The molecule has 0 bridgehead atoms. The van der Waals surface area contributed by atoms with Crippen LogP contribution in [0.4, 0.5) is 23.2 Å². The first kappa shape index (κ1) is 22.7. The second-order valence-electron chi connectivity index (χ2n) is 8.48. The van der Waals surface area contributed by atoms with Crippen LogP contribution in [0, 0.1) is 5.92 Å². The highest BCUT2D eigenvalue weighted by atomic mass is 32.2. The Morgan fingerprint density at radius 2 is 2.03 bits per heavy atom. The van der Waals surface area contributed by atoms with Gasteiger partial charge in [0.2, 0.25) is 5.92 Å². The SMILES string of the molecule is CS(=O)(=O)c1cc(NC(=O)c2c(C(F)F)c(C3CC3)nn2CC2CCC(F)(F)C2)ccn1. The second kappa shape index (κ2) is 8.13. The van der Waals surface area contributed by atoms with Gasteiger partial charge in [-0.05, 0) is 37.3 Å². The highest BCUT2D eigenvalue weighted by molar-refractivity contribution is 7.90. The summed E-state index contributed by atoms with van der Waals surface area (Å²) in [6.45, 7) is -0.0737. The number of nitrogens with one attached hydrogen (secondary N) is 1. The van der Waals surface area contributed by atoms with Gasteiger partial charge in [0.1, 0.15) is 5.69 Å². The zero-order chi connectivity index (χ0) is 23.3. The molecule has 2 aromatic heterocycles. The average molecular weight is 474 g/mol. The minimum absolute atomic E-state index is 0.0544. The normalized spacial score (nSPS) is 20.6. The van der Waals surface area contributed by atoms with Crippen LogP contribution in [0.1, 0.15) is 66.2 Å². The highest BCUT2D eigenvalue weighted by Crippen LogP contribution is 2.45. The van der Waals surface area contributed by atoms with Crippen molar-refractivity contribution < 1.29 is 30.8 Å². The van der Waals surface area contributed by atoms with Crippen molar-refractivity contribution in [2.45, 2.75) is 61.9 Å².